The Labute approximate surface area is 187 Å². The molecule has 0 unspecified atom stereocenters. The second-order valence-electron chi connectivity index (χ2n) is 7.42. The SMILES string of the molecule is COc1cc(C#Cc2ccccn2)cc(C(=O)Nc2ccc(N3CCCCC3=O)cc2)c1. The van der Waals surface area contributed by atoms with E-state index >= 15 is 0 Å². The van der Waals surface area contributed by atoms with Gasteiger partial charge >= 0.3 is 0 Å². The van der Waals surface area contributed by atoms with Crippen LogP contribution in [0.5, 0.6) is 5.75 Å². The van der Waals surface area contributed by atoms with Gasteiger partial charge in [0.25, 0.3) is 5.91 Å². The molecule has 32 heavy (non-hydrogen) atoms. The topological polar surface area (TPSA) is 71.5 Å². The van der Waals surface area contributed by atoms with E-state index in [1.807, 2.05) is 30.3 Å². The quantitative estimate of drug-likeness (QED) is 0.634. The summed E-state index contributed by atoms with van der Waals surface area (Å²) in [4.78, 5) is 30.9. The largest absolute Gasteiger partial charge is 0.497 e. The Morgan fingerprint density at radius 2 is 1.91 bits per heavy atom. The van der Waals surface area contributed by atoms with Crippen LogP contribution in [0.3, 0.4) is 0 Å². The normalized spacial score (nSPS) is 13.2. The van der Waals surface area contributed by atoms with Crippen LogP contribution in [0.1, 0.15) is 40.9 Å². The molecule has 1 saturated heterocycles. The first-order chi connectivity index (χ1) is 15.6. The van der Waals surface area contributed by atoms with Gasteiger partial charge in [0, 0.05) is 41.7 Å². The zero-order chi connectivity index (χ0) is 22.3. The number of nitrogens with zero attached hydrogens (tertiary/aromatic N) is 2. The number of pyridine rings is 1. The molecule has 1 aromatic heterocycles. The Morgan fingerprint density at radius 1 is 1.06 bits per heavy atom. The van der Waals surface area contributed by atoms with Crippen LogP contribution < -0.4 is 15.0 Å². The van der Waals surface area contributed by atoms with Crippen molar-refractivity contribution in [2.24, 2.45) is 0 Å². The number of rotatable bonds is 4. The highest BCUT2D eigenvalue weighted by Gasteiger charge is 2.19. The number of piperidine rings is 1. The van der Waals surface area contributed by atoms with Crippen molar-refractivity contribution >= 4 is 23.2 Å². The number of methoxy groups -OCH3 is 1. The number of amides is 2. The minimum Gasteiger partial charge on any atom is -0.497 e. The number of benzene rings is 2. The van der Waals surface area contributed by atoms with Gasteiger partial charge in [-0.05, 0) is 73.4 Å². The number of ether oxygens (including phenoxy) is 1. The number of hydrogen-bond acceptors (Lipinski definition) is 4. The van der Waals surface area contributed by atoms with Gasteiger partial charge in [0.2, 0.25) is 5.91 Å². The molecule has 1 aliphatic rings. The summed E-state index contributed by atoms with van der Waals surface area (Å²) in [5, 5.41) is 2.89. The Hall–Kier alpha value is -4.11. The summed E-state index contributed by atoms with van der Waals surface area (Å²) < 4.78 is 5.34. The van der Waals surface area contributed by atoms with Crippen LogP contribution in [0.15, 0.2) is 66.9 Å². The van der Waals surface area contributed by atoms with Gasteiger partial charge in [-0.1, -0.05) is 12.0 Å². The molecule has 3 aromatic rings. The molecule has 0 atom stereocenters. The maximum atomic E-state index is 12.9. The van der Waals surface area contributed by atoms with Crippen LogP contribution in [0.2, 0.25) is 0 Å². The fourth-order valence-electron chi connectivity index (χ4n) is 3.50. The standard InChI is InChI=1S/C26H23N3O3/c1-32-24-17-19(8-9-21-6-2-4-14-27-21)16-20(18-24)26(31)28-22-10-12-23(13-11-22)29-15-5-3-7-25(29)30/h2,4,6,10-14,16-18H,3,5,7,15H2,1H3,(H,28,31). The van der Waals surface area contributed by atoms with Crippen LogP contribution in [-0.4, -0.2) is 30.5 Å². The molecular weight excluding hydrogens is 402 g/mol. The molecule has 160 valence electrons. The van der Waals surface area contributed by atoms with E-state index in [2.05, 4.69) is 22.1 Å². The molecule has 1 fully saturated rings. The van der Waals surface area contributed by atoms with Crippen LogP contribution in [-0.2, 0) is 4.79 Å². The number of carbonyl (C=O) groups is 2. The average molecular weight is 425 g/mol. The zero-order valence-electron chi connectivity index (χ0n) is 17.8. The third kappa shape index (κ3) is 5.13. The molecule has 1 N–H and O–H groups in total. The van der Waals surface area contributed by atoms with Crippen molar-refractivity contribution in [3.8, 4) is 17.6 Å². The van der Waals surface area contributed by atoms with Crippen LogP contribution >= 0.6 is 0 Å². The Morgan fingerprint density at radius 3 is 2.62 bits per heavy atom. The summed E-state index contributed by atoms with van der Waals surface area (Å²) in [5.41, 5.74) is 3.23. The fraction of sp³-hybridized carbons (Fsp3) is 0.192. The number of hydrogen-bond donors (Lipinski definition) is 1. The summed E-state index contributed by atoms with van der Waals surface area (Å²) in [7, 11) is 1.55. The van der Waals surface area contributed by atoms with Crippen molar-refractivity contribution in [2.45, 2.75) is 19.3 Å². The van der Waals surface area contributed by atoms with Crippen molar-refractivity contribution in [1.29, 1.82) is 0 Å². The van der Waals surface area contributed by atoms with E-state index < -0.39 is 0 Å². The first-order valence-electron chi connectivity index (χ1n) is 10.5. The molecule has 2 aromatic carbocycles. The van der Waals surface area contributed by atoms with Gasteiger partial charge in [-0.25, -0.2) is 4.98 Å². The lowest BCUT2D eigenvalue weighted by molar-refractivity contribution is -0.119. The van der Waals surface area contributed by atoms with Crippen molar-refractivity contribution in [2.75, 3.05) is 23.9 Å². The summed E-state index contributed by atoms with van der Waals surface area (Å²) in [6.07, 6.45) is 4.21. The molecule has 1 aliphatic heterocycles. The minimum absolute atomic E-state index is 0.142. The lowest BCUT2D eigenvalue weighted by Crippen LogP contribution is -2.35. The van der Waals surface area contributed by atoms with E-state index in [0.29, 0.717) is 34.7 Å². The van der Waals surface area contributed by atoms with E-state index in [-0.39, 0.29) is 11.8 Å². The van der Waals surface area contributed by atoms with E-state index in [9.17, 15) is 9.59 Å². The first-order valence-corrected chi connectivity index (χ1v) is 10.5. The highest BCUT2D eigenvalue weighted by Crippen LogP contribution is 2.23. The molecule has 6 heteroatoms. The monoisotopic (exact) mass is 425 g/mol. The average Bonchev–Trinajstić information content (AvgIpc) is 2.84. The van der Waals surface area contributed by atoms with E-state index in [0.717, 1.165) is 25.1 Å². The molecule has 0 spiro atoms. The van der Waals surface area contributed by atoms with E-state index in [4.69, 9.17) is 4.74 Å². The Balaban J connectivity index is 1.50. The fourth-order valence-corrected chi connectivity index (χ4v) is 3.50. The molecule has 2 amide bonds. The van der Waals surface area contributed by atoms with Crippen molar-refractivity contribution < 1.29 is 14.3 Å². The Kier molecular flexibility index (Phi) is 6.47. The van der Waals surface area contributed by atoms with Crippen molar-refractivity contribution in [1.82, 2.24) is 4.98 Å². The molecule has 4 rings (SSSR count). The van der Waals surface area contributed by atoms with Crippen LogP contribution in [0.25, 0.3) is 0 Å². The predicted molar refractivity (Wildman–Crippen MR) is 124 cm³/mol. The van der Waals surface area contributed by atoms with Gasteiger partial charge in [-0.15, -0.1) is 0 Å². The second kappa shape index (κ2) is 9.80. The van der Waals surface area contributed by atoms with Crippen molar-refractivity contribution in [3.05, 3.63) is 83.7 Å². The molecule has 0 radical (unpaired) electrons. The number of anilines is 2. The lowest BCUT2D eigenvalue weighted by Gasteiger charge is -2.26. The van der Waals surface area contributed by atoms with Gasteiger partial charge in [0.05, 0.1) is 7.11 Å². The zero-order valence-corrected chi connectivity index (χ0v) is 17.8. The number of carbonyl (C=O) groups excluding carboxylic acids is 2. The highest BCUT2D eigenvalue weighted by molar-refractivity contribution is 6.05. The van der Waals surface area contributed by atoms with E-state index in [1.54, 1.807) is 48.5 Å². The Bertz CT molecular complexity index is 1180. The highest BCUT2D eigenvalue weighted by atomic mass is 16.5. The summed E-state index contributed by atoms with van der Waals surface area (Å²) in [5.74, 6) is 6.44. The maximum absolute atomic E-state index is 12.9. The molecule has 0 bridgehead atoms. The maximum Gasteiger partial charge on any atom is 0.255 e. The van der Waals surface area contributed by atoms with E-state index in [1.165, 1.54) is 0 Å². The molecular formula is C26H23N3O3. The second-order valence-corrected chi connectivity index (χ2v) is 7.42. The van der Waals surface area contributed by atoms with Crippen molar-refractivity contribution in [3.63, 3.8) is 0 Å². The summed E-state index contributed by atoms with van der Waals surface area (Å²) in [6, 6.07) is 18.0. The molecule has 2 heterocycles. The number of aromatic nitrogens is 1. The van der Waals surface area contributed by atoms with Crippen LogP contribution in [0.4, 0.5) is 11.4 Å². The lowest BCUT2D eigenvalue weighted by atomic mass is 10.1. The summed E-state index contributed by atoms with van der Waals surface area (Å²) >= 11 is 0. The van der Waals surface area contributed by atoms with Gasteiger partial charge in [-0.2, -0.15) is 0 Å². The van der Waals surface area contributed by atoms with Gasteiger partial charge in [0.1, 0.15) is 11.4 Å². The summed E-state index contributed by atoms with van der Waals surface area (Å²) in [6.45, 7) is 0.733. The predicted octanol–water partition coefficient (Wildman–Crippen LogP) is 4.26. The molecule has 6 nitrogen and oxygen atoms in total. The molecule has 0 aliphatic carbocycles. The van der Waals surface area contributed by atoms with Gasteiger partial charge < -0.3 is 15.0 Å². The first kappa shape index (κ1) is 21.1. The third-order valence-electron chi connectivity index (χ3n) is 5.16. The van der Waals surface area contributed by atoms with Crippen LogP contribution in [0, 0.1) is 11.8 Å². The molecule has 0 saturated carbocycles. The number of nitrogens with one attached hydrogen (secondary N) is 1. The van der Waals surface area contributed by atoms with Gasteiger partial charge in [0.15, 0.2) is 0 Å². The third-order valence-corrected chi connectivity index (χ3v) is 5.16. The van der Waals surface area contributed by atoms with Gasteiger partial charge in [-0.3, -0.25) is 9.59 Å². The smallest absolute Gasteiger partial charge is 0.255 e. The minimum atomic E-state index is -0.272.